The van der Waals surface area contributed by atoms with E-state index in [0.29, 0.717) is 5.88 Å². The van der Waals surface area contributed by atoms with Crippen molar-refractivity contribution in [3.8, 4) is 0 Å². The number of alkyl halides is 1. The predicted octanol–water partition coefficient (Wildman–Crippen LogP) is 3.51. The molecule has 0 N–H and O–H groups in total. The third kappa shape index (κ3) is 2.99. The van der Waals surface area contributed by atoms with Crippen LogP contribution in [0.4, 0.5) is 5.82 Å². The molecule has 0 radical (unpaired) electrons. The van der Waals surface area contributed by atoms with Gasteiger partial charge in [-0.25, -0.2) is 4.98 Å². The molecule has 21 heavy (non-hydrogen) atoms. The van der Waals surface area contributed by atoms with Crippen molar-refractivity contribution in [2.75, 3.05) is 37.6 Å². The van der Waals surface area contributed by atoms with Crippen LogP contribution in [0.3, 0.4) is 0 Å². The molecule has 0 bridgehead atoms. The highest BCUT2D eigenvalue weighted by molar-refractivity contribution is 6.18. The van der Waals surface area contributed by atoms with Crippen LogP contribution in [0.25, 0.3) is 10.8 Å². The molecule has 3 nitrogen and oxygen atoms in total. The maximum absolute atomic E-state index is 6.04. The largest absolute Gasteiger partial charge is 0.354 e. The van der Waals surface area contributed by atoms with E-state index in [1.165, 1.54) is 23.7 Å². The van der Waals surface area contributed by atoms with Gasteiger partial charge in [0.2, 0.25) is 0 Å². The van der Waals surface area contributed by atoms with Gasteiger partial charge in [0.1, 0.15) is 5.82 Å². The number of halogens is 1. The first-order chi connectivity index (χ1) is 10.3. The molecule has 0 spiro atoms. The third-order valence-corrected chi connectivity index (χ3v) is 4.50. The number of benzene rings is 1. The SMILES string of the molecule is CCCN1CCN(c2ncc(CCl)c3ccccc23)CC1. The Kier molecular flexibility index (Phi) is 4.61. The molecule has 3 rings (SSSR count). The Morgan fingerprint density at radius 3 is 2.48 bits per heavy atom. The summed E-state index contributed by atoms with van der Waals surface area (Å²) >= 11 is 6.04. The van der Waals surface area contributed by atoms with Crippen LogP contribution in [0.1, 0.15) is 18.9 Å². The molecular formula is C17H22ClN3. The average Bonchev–Trinajstić information content (AvgIpc) is 2.55. The van der Waals surface area contributed by atoms with Crippen molar-refractivity contribution in [2.24, 2.45) is 0 Å². The van der Waals surface area contributed by atoms with Crippen LogP contribution in [0.15, 0.2) is 30.5 Å². The van der Waals surface area contributed by atoms with Gasteiger partial charge in [0, 0.05) is 43.6 Å². The topological polar surface area (TPSA) is 19.4 Å². The molecular weight excluding hydrogens is 282 g/mol. The van der Waals surface area contributed by atoms with Gasteiger partial charge in [-0.05, 0) is 23.9 Å². The van der Waals surface area contributed by atoms with E-state index in [1.807, 2.05) is 6.20 Å². The van der Waals surface area contributed by atoms with Crippen LogP contribution < -0.4 is 4.90 Å². The smallest absolute Gasteiger partial charge is 0.136 e. The molecule has 1 aliphatic heterocycles. The van der Waals surface area contributed by atoms with Crippen molar-refractivity contribution in [1.82, 2.24) is 9.88 Å². The second-order valence-corrected chi connectivity index (χ2v) is 5.88. The van der Waals surface area contributed by atoms with Crippen LogP contribution in [0.5, 0.6) is 0 Å². The fourth-order valence-corrected chi connectivity index (χ4v) is 3.31. The van der Waals surface area contributed by atoms with Crippen molar-refractivity contribution >= 4 is 28.2 Å². The summed E-state index contributed by atoms with van der Waals surface area (Å²) in [7, 11) is 0. The van der Waals surface area contributed by atoms with E-state index < -0.39 is 0 Å². The van der Waals surface area contributed by atoms with Gasteiger partial charge in [0.05, 0.1) is 0 Å². The molecule has 0 unspecified atom stereocenters. The molecule has 2 aromatic rings. The maximum Gasteiger partial charge on any atom is 0.136 e. The summed E-state index contributed by atoms with van der Waals surface area (Å²) in [6.07, 6.45) is 3.16. The van der Waals surface area contributed by atoms with Crippen molar-refractivity contribution in [1.29, 1.82) is 0 Å². The van der Waals surface area contributed by atoms with Crippen molar-refractivity contribution in [2.45, 2.75) is 19.2 Å². The molecule has 2 heterocycles. The summed E-state index contributed by atoms with van der Waals surface area (Å²) in [6.45, 7) is 7.80. The van der Waals surface area contributed by atoms with Crippen LogP contribution in [0.2, 0.25) is 0 Å². The van der Waals surface area contributed by atoms with E-state index in [-0.39, 0.29) is 0 Å². The Bertz CT molecular complexity index is 606. The van der Waals surface area contributed by atoms with Gasteiger partial charge in [-0.3, -0.25) is 4.90 Å². The fraction of sp³-hybridized carbons (Fsp3) is 0.471. The lowest BCUT2D eigenvalue weighted by atomic mass is 10.1. The Morgan fingerprint density at radius 2 is 1.81 bits per heavy atom. The Hall–Kier alpha value is -1.32. The molecule has 1 aromatic carbocycles. The summed E-state index contributed by atoms with van der Waals surface area (Å²) in [4.78, 5) is 9.64. The lowest BCUT2D eigenvalue weighted by Crippen LogP contribution is -2.46. The van der Waals surface area contributed by atoms with E-state index in [2.05, 4.69) is 41.0 Å². The number of piperazine rings is 1. The first-order valence-corrected chi connectivity index (χ1v) is 8.27. The van der Waals surface area contributed by atoms with Gasteiger partial charge in [-0.1, -0.05) is 31.2 Å². The second kappa shape index (κ2) is 6.63. The Labute approximate surface area is 131 Å². The number of fused-ring (bicyclic) bond motifs is 1. The zero-order valence-corrected chi connectivity index (χ0v) is 13.3. The molecule has 0 atom stereocenters. The van der Waals surface area contributed by atoms with E-state index >= 15 is 0 Å². The van der Waals surface area contributed by atoms with E-state index in [4.69, 9.17) is 16.6 Å². The molecule has 0 saturated carbocycles. The molecule has 1 saturated heterocycles. The Morgan fingerprint density at radius 1 is 1.10 bits per heavy atom. The molecule has 0 amide bonds. The minimum atomic E-state index is 0.512. The summed E-state index contributed by atoms with van der Waals surface area (Å²) < 4.78 is 0. The highest BCUT2D eigenvalue weighted by atomic mass is 35.5. The predicted molar refractivity (Wildman–Crippen MR) is 90.2 cm³/mol. The zero-order valence-electron chi connectivity index (χ0n) is 12.6. The average molecular weight is 304 g/mol. The van der Waals surface area contributed by atoms with Crippen LogP contribution >= 0.6 is 11.6 Å². The molecule has 4 heteroatoms. The summed E-state index contributed by atoms with van der Waals surface area (Å²) in [5.74, 6) is 1.62. The van der Waals surface area contributed by atoms with E-state index in [9.17, 15) is 0 Å². The van der Waals surface area contributed by atoms with Gasteiger partial charge in [-0.2, -0.15) is 0 Å². The van der Waals surface area contributed by atoms with Gasteiger partial charge in [-0.15, -0.1) is 11.6 Å². The maximum atomic E-state index is 6.04. The summed E-state index contributed by atoms with van der Waals surface area (Å²) in [6, 6.07) is 8.46. The molecule has 1 aliphatic rings. The quantitative estimate of drug-likeness (QED) is 0.806. The number of rotatable bonds is 4. The summed E-state index contributed by atoms with van der Waals surface area (Å²) in [5.41, 5.74) is 1.11. The minimum absolute atomic E-state index is 0.512. The first-order valence-electron chi connectivity index (χ1n) is 7.73. The number of hydrogen-bond donors (Lipinski definition) is 0. The highest BCUT2D eigenvalue weighted by Crippen LogP contribution is 2.28. The highest BCUT2D eigenvalue weighted by Gasteiger charge is 2.19. The molecule has 112 valence electrons. The van der Waals surface area contributed by atoms with Crippen molar-refractivity contribution < 1.29 is 0 Å². The lowest BCUT2D eigenvalue weighted by Gasteiger charge is -2.35. The second-order valence-electron chi connectivity index (χ2n) is 5.61. The van der Waals surface area contributed by atoms with Crippen molar-refractivity contribution in [3.05, 3.63) is 36.0 Å². The number of pyridine rings is 1. The van der Waals surface area contributed by atoms with Crippen molar-refractivity contribution in [3.63, 3.8) is 0 Å². The molecule has 1 fully saturated rings. The monoisotopic (exact) mass is 303 g/mol. The third-order valence-electron chi connectivity index (χ3n) is 4.21. The zero-order chi connectivity index (χ0) is 14.7. The first kappa shape index (κ1) is 14.6. The van der Waals surface area contributed by atoms with Crippen LogP contribution in [0, 0.1) is 0 Å². The molecule has 0 aliphatic carbocycles. The number of anilines is 1. The fourth-order valence-electron chi connectivity index (χ4n) is 3.09. The standard InChI is InChI=1S/C17H22ClN3/c1-2-7-20-8-10-21(11-9-20)17-16-6-4-3-5-15(16)14(12-18)13-19-17/h3-6,13H,2,7-12H2,1H3. The Balaban J connectivity index is 1.88. The lowest BCUT2D eigenvalue weighted by molar-refractivity contribution is 0.258. The van der Waals surface area contributed by atoms with Gasteiger partial charge in [0.25, 0.3) is 0 Å². The number of hydrogen-bond acceptors (Lipinski definition) is 3. The van der Waals surface area contributed by atoms with Crippen LogP contribution in [-0.4, -0.2) is 42.6 Å². The molecule has 1 aromatic heterocycles. The number of nitrogens with zero attached hydrogens (tertiary/aromatic N) is 3. The summed E-state index contributed by atoms with van der Waals surface area (Å²) in [5, 5.41) is 2.45. The van der Waals surface area contributed by atoms with Gasteiger partial charge >= 0.3 is 0 Å². The van der Waals surface area contributed by atoms with Gasteiger partial charge in [0.15, 0.2) is 0 Å². The van der Waals surface area contributed by atoms with Gasteiger partial charge < -0.3 is 4.90 Å². The number of aromatic nitrogens is 1. The van der Waals surface area contributed by atoms with E-state index in [0.717, 1.165) is 37.6 Å². The normalized spacial score (nSPS) is 16.6. The van der Waals surface area contributed by atoms with Crippen LogP contribution in [-0.2, 0) is 5.88 Å². The van der Waals surface area contributed by atoms with E-state index in [1.54, 1.807) is 0 Å². The minimum Gasteiger partial charge on any atom is -0.354 e.